The molecular formula is C6H10O5. The Kier molecular flexibility index (Phi) is 4.21. The molecule has 0 aliphatic rings. The fourth-order valence-corrected chi connectivity index (χ4v) is 0.629. The van der Waals surface area contributed by atoms with Crippen LogP contribution in [0.25, 0.3) is 0 Å². The first-order valence-electron chi connectivity index (χ1n) is 3.01. The number of rotatable bonds is 5. The number of carboxylic acids is 2. The van der Waals surface area contributed by atoms with Gasteiger partial charge in [-0.2, -0.15) is 0 Å². The summed E-state index contributed by atoms with van der Waals surface area (Å²) in [5.74, 6) is -3.22. The minimum atomic E-state index is -1.14. The summed E-state index contributed by atoms with van der Waals surface area (Å²) < 4.78 is 4.52. The molecule has 0 rings (SSSR count). The van der Waals surface area contributed by atoms with Gasteiger partial charge in [-0.05, 0) is 0 Å². The van der Waals surface area contributed by atoms with Gasteiger partial charge in [0.15, 0.2) is 0 Å². The standard InChI is InChI=1S/C6H10O5/c1-11-3-4(6(9)10)2-5(7)8/h4H,2-3H2,1H3,(H,7,8)(H,9,10)/t4-/m1/s1. The van der Waals surface area contributed by atoms with Crippen molar-refractivity contribution in [3.8, 4) is 0 Å². The largest absolute Gasteiger partial charge is 0.481 e. The smallest absolute Gasteiger partial charge is 0.309 e. The second-order valence-corrected chi connectivity index (χ2v) is 2.09. The van der Waals surface area contributed by atoms with Crippen LogP contribution in [0.3, 0.4) is 0 Å². The minimum absolute atomic E-state index is 0.0678. The molecule has 0 saturated heterocycles. The van der Waals surface area contributed by atoms with Crippen LogP contribution in [-0.2, 0) is 14.3 Å². The lowest BCUT2D eigenvalue weighted by Gasteiger charge is -2.06. The molecule has 0 spiro atoms. The van der Waals surface area contributed by atoms with Crippen molar-refractivity contribution in [1.29, 1.82) is 0 Å². The van der Waals surface area contributed by atoms with Crippen molar-refractivity contribution in [2.24, 2.45) is 5.92 Å². The molecule has 0 unspecified atom stereocenters. The Morgan fingerprint density at radius 3 is 2.27 bits per heavy atom. The lowest BCUT2D eigenvalue weighted by atomic mass is 10.1. The quantitative estimate of drug-likeness (QED) is 0.585. The minimum Gasteiger partial charge on any atom is -0.481 e. The van der Waals surface area contributed by atoms with Crippen molar-refractivity contribution < 1.29 is 24.5 Å². The molecule has 0 heterocycles. The SMILES string of the molecule is COC[C@@H](CC(=O)O)C(=O)O. The van der Waals surface area contributed by atoms with E-state index in [0.29, 0.717) is 0 Å². The van der Waals surface area contributed by atoms with E-state index in [2.05, 4.69) is 4.74 Å². The maximum Gasteiger partial charge on any atom is 0.309 e. The predicted octanol–water partition coefficient (Wildman–Crippen LogP) is -0.192. The predicted molar refractivity (Wildman–Crippen MR) is 35.3 cm³/mol. The Morgan fingerprint density at radius 1 is 1.45 bits per heavy atom. The molecule has 0 aliphatic carbocycles. The van der Waals surface area contributed by atoms with E-state index in [9.17, 15) is 9.59 Å². The second kappa shape index (κ2) is 4.68. The Labute approximate surface area is 63.6 Å². The summed E-state index contributed by atoms with van der Waals surface area (Å²) in [6, 6.07) is 0. The van der Waals surface area contributed by atoms with Crippen LogP contribution in [-0.4, -0.2) is 35.9 Å². The van der Waals surface area contributed by atoms with Crippen LogP contribution in [0.5, 0.6) is 0 Å². The summed E-state index contributed by atoms with van der Waals surface area (Å²) in [6.07, 6.45) is -0.400. The van der Waals surface area contributed by atoms with E-state index in [1.807, 2.05) is 0 Å². The lowest BCUT2D eigenvalue weighted by molar-refractivity contribution is -0.150. The number of hydrogen-bond donors (Lipinski definition) is 2. The Morgan fingerprint density at radius 2 is 2.00 bits per heavy atom. The third-order valence-electron chi connectivity index (χ3n) is 1.14. The van der Waals surface area contributed by atoms with Gasteiger partial charge in [-0.25, -0.2) is 0 Å². The van der Waals surface area contributed by atoms with E-state index >= 15 is 0 Å². The van der Waals surface area contributed by atoms with Gasteiger partial charge < -0.3 is 14.9 Å². The van der Waals surface area contributed by atoms with Gasteiger partial charge in [-0.1, -0.05) is 0 Å². The molecule has 11 heavy (non-hydrogen) atoms. The first kappa shape index (κ1) is 9.90. The molecule has 0 aromatic heterocycles. The fraction of sp³-hybridized carbons (Fsp3) is 0.667. The molecule has 0 bridgehead atoms. The van der Waals surface area contributed by atoms with Gasteiger partial charge in [0, 0.05) is 7.11 Å². The molecule has 0 aromatic carbocycles. The van der Waals surface area contributed by atoms with Crippen molar-refractivity contribution >= 4 is 11.9 Å². The number of methoxy groups -OCH3 is 1. The Balaban J connectivity index is 3.89. The number of carboxylic acid groups (broad SMARTS) is 2. The summed E-state index contributed by atoms with van der Waals surface area (Å²) in [5, 5.41) is 16.7. The second-order valence-electron chi connectivity index (χ2n) is 2.09. The summed E-state index contributed by atoms with van der Waals surface area (Å²) in [4.78, 5) is 20.4. The fourth-order valence-electron chi connectivity index (χ4n) is 0.629. The van der Waals surface area contributed by atoms with Crippen molar-refractivity contribution in [2.45, 2.75) is 6.42 Å². The van der Waals surface area contributed by atoms with E-state index in [1.165, 1.54) is 7.11 Å². The maximum absolute atomic E-state index is 10.3. The van der Waals surface area contributed by atoms with E-state index in [0.717, 1.165) is 0 Å². The van der Waals surface area contributed by atoms with Crippen LogP contribution in [0.2, 0.25) is 0 Å². The van der Waals surface area contributed by atoms with Crippen LogP contribution >= 0.6 is 0 Å². The van der Waals surface area contributed by atoms with Crippen LogP contribution in [0.4, 0.5) is 0 Å². The highest BCUT2D eigenvalue weighted by atomic mass is 16.5. The highest BCUT2D eigenvalue weighted by Crippen LogP contribution is 2.03. The molecule has 0 radical (unpaired) electrons. The Bertz CT molecular complexity index is 153. The normalized spacial score (nSPS) is 12.5. The van der Waals surface area contributed by atoms with Gasteiger partial charge in [0.2, 0.25) is 0 Å². The molecule has 5 nitrogen and oxygen atoms in total. The molecule has 0 amide bonds. The summed E-state index contributed by atoms with van der Waals surface area (Å²) in [7, 11) is 1.33. The van der Waals surface area contributed by atoms with Gasteiger partial charge in [-0.15, -0.1) is 0 Å². The average Bonchev–Trinajstić information content (AvgIpc) is 1.86. The van der Waals surface area contributed by atoms with E-state index in [1.54, 1.807) is 0 Å². The van der Waals surface area contributed by atoms with Crippen LogP contribution < -0.4 is 0 Å². The first-order chi connectivity index (χ1) is 5.07. The number of ether oxygens (including phenoxy) is 1. The first-order valence-corrected chi connectivity index (χ1v) is 3.01. The highest BCUT2D eigenvalue weighted by molar-refractivity contribution is 5.77. The van der Waals surface area contributed by atoms with Crippen LogP contribution in [0, 0.1) is 5.92 Å². The zero-order valence-electron chi connectivity index (χ0n) is 6.11. The van der Waals surface area contributed by atoms with Gasteiger partial charge in [0.05, 0.1) is 18.9 Å². The summed E-state index contributed by atoms with van der Waals surface area (Å²) in [6.45, 7) is -0.0678. The summed E-state index contributed by atoms with van der Waals surface area (Å²) in [5.41, 5.74) is 0. The topological polar surface area (TPSA) is 83.8 Å². The highest BCUT2D eigenvalue weighted by Gasteiger charge is 2.20. The third-order valence-corrected chi connectivity index (χ3v) is 1.14. The van der Waals surface area contributed by atoms with Gasteiger partial charge >= 0.3 is 11.9 Å². The van der Waals surface area contributed by atoms with E-state index in [4.69, 9.17) is 10.2 Å². The Hall–Kier alpha value is -1.10. The van der Waals surface area contributed by atoms with Gasteiger partial charge in [0.25, 0.3) is 0 Å². The zero-order chi connectivity index (χ0) is 8.85. The van der Waals surface area contributed by atoms with E-state index < -0.39 is 24.3 Å². The molecule has 2 N–H and O–H groups in total. The zero-order valence-corrected chi connectivity index (χ0v) is 6.11. The van der Waals surface area contributed by atoms with Crippen molar-refractivity contribution in [1.82, 2.24) is 0 Å². The van der Waals surface area contributed by atoms with Crippen LogP contribution in [0.15, 0.2) is 0 Å². The molecular weight excluding hydrogens is 152 g/mol. The molecule has 0 fully saturated rings. The van der Waals surface area contributed by atoms with Gasteiger partial charge in [-0.3, -0.25) is 9.59 Å². The third kappa shape index (κ3) is 4.32. The van der Waals surface area contributed by atoms with Crippen molar-refractivity contribution in [2.75, 3.05) is 13.7 Å². The summed E-state index contributed by atoms with van der Waals surface area (Å²) >= 11 is 0. The van der Waals surface area contributed by atoms with Crippen molar-refractivity contribution in [3.63, 3.8) is 0 Å². The number of carbonyl (C=O) groups is 2. The average molecular weight is 162 g/mol. The lowest BCUT2D eigenvalue weighted by Crippen LogP contribution is -2.22. The number of hydrogen-bond acceptors (Lipinski definition) is 3. The number of aliphatic carboxylic acids is 2. The van der Waals surface area contributed by atoms with Crippen LogP contribution in [0.1, 0.15) is 6.42 Å². The van der Waals surface area contributed by atoms with Gasteiger partial charge in [0.1, 0.15) is 0 Å². The van der Waals surface area contributed by atoms with E-state index in [-0.39, 0.29) is 6.61 Å². The molecule has 1 atom stereocenters. The molecule has 0 saturated carbocycles. The monoisotopic (exact) mass is 162 g/mol. The molecule has 5 heteroatoms. The molecule has 0 aliphatic heterocycles. The molecule has 0 aromatic rings. The molecule has 64 valence electrons. The maximum atomic E-state index is 10.3. The van der Waals surface area contributed by atoms with Crippen molar-refractivity contribution in [3.05, 3.63) is 0 Å².